The standard InChI is InChI=1S/C12H20N4O/c13-8-11-2-1-7-16(11)12(17)9-15-10-3-5-14-6-4-10/h10-11,14-15H,1-7,9H2. The topological polar surface area (TPSA) is 68.2 Å². The third kappa shape index (κ3) is 3.18. The van der Waals surface area contributed by atoms with E-state index in [4.69, 9.17) is 5.26 Å². The number of piperidine rings is 1. The van der Waals surface area contributed by atoms with Crippen LogP contribution in [0.4, 0.5) is 0 Å². The van der Waals surface area contributed by atoms with Crippen molar-refractivity contribution >= 4 is 5.91 Å². The summed E-state index contributed by atoms with van der Waals surface area (Å²) in [5.74, 6) is 0.0765. The smallest absolute Gasteiger partial charge is 0.237 e. The summed E-state index contributed by atoms with van der Waals surface area (Å²) in [6.07, 6.45) is 3.94. The molecule has 0 aromatic heterocycles. The molecule has 5 heteroatoms. The minimum Gasteiger partial charge on any atom is -0.326 e. The van der Waals surface area contributed by atoms with E-state index in [9.17, 15) is 4.79 Å². The van der Waals surface area contributed by atoms with E-state index < -0.39 is 0 Å². The summed E-state index contributed by atoms with van der Waals surface area (Å²) >= 11 is 0. The van der Waals surface area contributed by atoms with Crippen molar-refractivity contribution in [3.05, 3.63) is 0 Å². The van der Waals surface area contributed by atoms with E-state index >= 15 is 0 Å². The molecular formula is C12H20N4O. The Morgan fingerprint density at radius 2 is 2.18 bits per heavy atom. The molecule has 1 unspecified atom stereocenters. The molecule has 5 nitrogen and oxygen atoms in total. The number of nitrogens with one attached hydrogen (secondary N) is 2. The van der Waals surface area contributed by atoms with E-state index in [1.807, 2.05) is 0 Å². The average molecular weight is 236 g/mol. The second-order valence-electron chi connectivity index (χ2n) is 4.78. The van der Waals surface area contributed by atoms with Gasteiger partial charge in [-0.2, -0.15) is 5.26 Å². The largest absolute Gasteiger partial charge is 0.326 e. The summed E-state index contributed by atoms with van der Waals surface area (Å²) in [5, 5.41) is 15.5. The van der Waals surface area contributed by atoms with Gasteiger partial charge in [-0.1, -0.05) is 0 Å². The van der Waals surface area contributed by atoms with Gasteiger partial charge in [-0.25, -0.2) is 0 Å². The van der Waals surface area contributed by atoms with Crippen LogP contribution in [0.15, 0.2) is 0 Å². The number of hydrogen-bond acceptors (Lipinski definition) is 4. The molecule has 0 bridgehead atoms. The Labute approximate surface area is 102 Å². The molecule has 0 aromatic carbocycles. The molecule has 1 amide bonds. The number of nitrogens with zero attached hydrogens (tertiary/aromatic N) is 2. The first-order chi connectivity index (χ1) is 8.31. The third-order valence-corrected chi connectivity index (χ3v) is 3.60. The number of carbonyl (C=O) groups excluding carboxylic acids is 1. The van der Waals surface area contributed by atoms with E-state index in [0.29, 0.717) is 12.6 Å². The highest BCUT2D eigenvalue weighted by atomic mass is 16.2. The highest BCUT2D eigenvalue weighted by molar-refractivity contribution is 5.79. The number of amides is 1. The number of hydrogen-bond donors (Lipinski definition) is 2. The number of nitriles is 1. The summed E-state index contributed by atoms with van der Waals surface area (Å²) in [6.45, 7) is 3.17. The van der Waals surface area contributed by atoms with Crippen molar-refractivity contribution in [2.45, 2.75) is 37.8 Å². The van der Waals surface area contributed by atoms with Crippen LogP contribution < -0.4 is 10.6 Å². The molecule has 0 aliphatic carbocycles. The van der Waals surface area contributed by atoms with Crippen molar-refractivity contribution in [2.75, 3.05) is 26.2 Å². The molecular weight excluding hydrogens is 216 g/mol. The van der Waals surface area contributed by atoms with Crippen molar-refractivity contribution in [3.63, 3.8) is 0 Å². The Kier molecular flexibility index (Phi) is 4.35. The maximum absolute atomic E-state index is 12.0. The lowest BCUT2D eigenvalue weighted by Crippen LogP contribution is -2.46. The normalized spacial score (nSPS) is 25.8. The van der Waals surface area contributed by atoms with Crippen LogP contribution in [-0.4, -0.2) is 49.1 Å². The molecule has 2 aliphatic heterocycles. The lowest BCUT2D eigenvalue weighted by Gasteiger charge is -2.25. The van der Waals surface area contributed by atoms with Gasteiger partial charge in [-0.15, -0.1) is 0 Å². The fraction of sp³-hybridized carbons (Fsp3) is 0.833. The monoisotopic (exact) mass is 236 g/mol. The van der Waals surface area contributed by atoms with E-state index in [2.05, 4.69) is 16.7 Å². The van der Waals surface area contributed by atoms with Crippen molar-refractivity contribution in [2.24, 2.45) is 0 Å². The Balaban J connectivity index is 1.75. The van der Waals surface area contributed by atoms with Crippen LogP contribution in [0.2, 0.25) is 0 Å². The molecule has 2 fully saturated rings. The van der Waals surface area contributed by atoms with Crippen LogP contribution in [0.3, 0.4) is 0 Å². The third-order valence-electron chi connectivity index (χ3n) is 3.60. The van der Waals surface area contributed by atoms with Gasteiger partial charge < -0.3 is 15.5 Å². The fourth-order valence-corrected chi connectivity index (χ4v) is 2.56. The van der Waals surface area contributed by atoms with Gasteiger partial charge in [0.25, 0.3) is 0 Å². The van der Waals surface area contributed by atoms with Crippen LogP contribution in [0.25, 0.3) is 0 Å². The second kappa shape index (κ2) is 5.99. The highest BCUT2D eigenvalue weighted by Gasteiger charge is 2.28. The van der Waals surface area contributed by atoms with E-state index in [0.717, 1.165) is 45.3 Å². The number of carbonyl (C=O) groups is 1. The minimum absolute atomic E-state index is 0.0765. The Morgan fingerprint density at radius 1 is 1.41 bits per heavy atom. The molecule has 0 saturated carbocycles. The minimum atomic E-state index is -0.197. The molecule has 94 valence electrons. The van der Waals surface area contributed by atoms with E-state index in [1.165, 1.54) is 0 Å². The molecule has 1 atom stereocenters. The van der Waals surface area contributed by atoms with Crippen molar-refractivity contribution < 1.29 is 4.79 Å². The molecule has 2 saturated heterocycles. The average Bonchev–Trinajstić information content (AvgIpc) is 2.85. The quantitative estimate of drug-likeness (QED) is 0.714. The maximum atomic E-state index is 12.0. The zero-order valence-electron chi connectivity index (χ0n) is 10.1. The molecule has 2 aliphatic rings. The zero-order valence-corrected chi connectivity index (χ0v) is 10.1. The first-order valence-electron chi connectivity index (χ1n) is 6.44. The summed E-state index contributed by atoms with van der Waals surface area (Å²) < 4.78 is 0. The van der Waals surface area contributed by atoms with Crippen molar-refractivity contribution in [1.29, 1.82) is 5.26 Å². The summed E-state index contributed by atoms with van der Waals surface area (Å²) in [5.41, 5.74) is 0. The fourth-order valence-electron chi connectivity index (χ4n) is 2.56. The number of rotatable bonds is 3. The summed E-state index contributed by atoms with van der Waals surface area (Å²) in [7, 11) is 0. The van der Waals surface area contributed by atoms with Crippen LogP contribution >= 0.6 is 0 Å². The summed E-state index contributed by atoms with van der Waals surface area (Å²) in [4.78, 5) is 13.7. The maximum Gasteiger partial charge on any atom is 0.237 e. The predicted octanol–water partition coefficient (Wildman–Crippen LogP) is -0.157. The van der Waals surface area contributed by atoms with Crippen LogP contribution in [-0.2, 0) is 4.79 Å². The van der Waals surface area contributed by atoms with Gasteiger partial charge in [0.05, 0.1) is 12.6 Å². The van der Waals surface area contributed by atoms with Gasteiger partial charge in [0.15, 0.2) is 0 Å². The Morgan fingerprint density at radius 3 is 2.88 bits per heavy atom. The van der Waals surface area contributed by atoms with Gasteiger partial charge in [0, 0.05) is 12.6 Å². The van der Waals surface area contributed by atoms with Crippen molar-refractivity contribution in [1.82, 2.24) is 15.5 Å². The SMILES string of the molecule is N#CC1CCCN1C(=O)CNC1CCNCC1. The zero-order chi connectivity index (χ0) is 12.1. The van der Waals surface area contributed by atoms with Crippen molar-refractivity contribution in [3.8, 4) is 6.07 Å². The molecule has 2 rings (SSSR count). The van der Waals surface area contributed by atoms with Gasteiger partial charge in [0.1, 0.15) is 6.04 Å². The Hall–Kier alpha value is -1.12. The van der Waals surface area contributed by atoms with Gasteiger partial charge in [0.2, 0.25) is 5.91 Å². The predicted molar refractivity (Wildman–Crippen MR) is 64.2 cm³/mol. The highest BCUT2D eigenvalue weighted by Crippen LogP contribution is 2.16. The molecule has 0 aromatic rings. The molecule has 17 heavy (non-hydrogen) atoms. The summed E-state index contributed by atoms with van der Waals surface area (Å²) in [6, 6.07) is 2.45. The van der Waals surface area contributed by atoms with Gasteiger partial charge in [-0.05, 0) is 38.8 Å². The Bertz CT molecular complexity index is 306. The van der Waals surface area contributed by atoms with Gasteiger partial charge in [-0.3, -0.25) is 4.79 Å². The second-order valence-corrected chi connectivity index (χ2v) is 4.78. The lowest BCUT2D eigenvalue weighted by molar-refractivity contribution is -0.130. The lowest BCUT2D eigenvalue weighted by atomic mass is 10.1. The van der Waals surface area contributed by atoms with Crippen LogP contribution in [0, 0.1) is 11.3 Å². The van der Waals surface area contributed by atoms with Crippen LogP contribution in [0.5, 0.6) is 0 Å². The first-order valence-corrected chi connectivity index (χ1v) is 6.44. The van der Waals surface area contributed by atoms with E-state index in [1.54, 1.807) is 4.90 Å². The molecule has 2 heterocycles. The molecule has 2 N–H and O–H groups in total. The number of likely N-dealkylation sites (tertiary alicyclic amines) is 1. The first kappa shape index (κ1) is 12.3. The molecule has 0 spiro atoms. The van der Waals surface area contributed by atoms with Gasteiger partial charge >= 0.3 is 0 Å². The van der Waals surface area contributed by atoms with E-state index in [-0.39, 0.29) is 11.9 Å². The molecule has 0 radical (unpaired) electrons. The van der Waals surface area contributed by atoms with Crippen LogP contribution in [0.1, 0.15) is 25.7 Å².